The third kappa shape index (κ3) is 4.82. The smallest absolute Gasteiger partial charge is 0.220 e. The second-order valence-corrected chi connectivity index (χ2v) is 6.33. The first kappa shape index (κ1) is 17.0. The second kappa shape index (κ2) is 8.30. The first-order valence-corrected chi connectivity index (χ1v) is 8.15. The molecule has 0 unspecified atom stereocenters. The van der Waals surface area contributed by atoms with E-state index < -0.39 is 0 Å². The first-order valence-electron chi connectivity index (χ1n) is 8.15. The number of aliphatic hydroxyl groups excluding tert-OH is 1. The maximum atomic E-state index is 12.0. The summed E-state index contributed by atoms with van der Waals surface area (Å²) in [5, 5.41) is 12.6. The van der Waals surface area contributed by atoms with E-state index in [1.54, 1.807) is 0 Å². The molecule has 0 bridgehead atoms. The minimum atomic E-state index is -0.191. The Morgan fingerprint density at radius 2 is 2.05 bits per heavy atom. The molecule has 1 aliphatic rings. The molecule has 1 amide bonds. The number of hydrogen-bond acceptors (Lipinski definition) is 3. The highest BCUT2D eigenvalue weighted by atomic mass is 16.5. The molecule has 2 N–H and O–H groups in total. The van der Waals surface area contributed by atoms with E-state index in [0.29, 0.717) is 26.2 Å². The zero-order valence-electron chi connectivity index (χ0n) is 13.4. The largest absolute Gasteiger partial charge is 0.396 e. The molecule has 0 saturated carbocycles. The van der Waals surface area contributed by atoms with Crippen LogP contribution in [-0.4, -0.2) is 37.4 Å². The van der Waals surface area contributed by atoms with Crippen LogP contribution in [0.1, 0.15) is 36.8 Å². The molecule has 1 aromatic carbocycles. The SMILES string of the molecule is Cc1ccccc1CCCC(=O)NCC1(CO)CCOCC1. The van der Waals surface area contributed by atoms with Crippen molar-refractivity contribution in [3.8, 4) is 0 Å². The maximum absolute atomic E-state index is 12.0. The van der Waals surface area contributed by atoms with E-state index in [1.807, 2.05) is 12.1 Å². The highest BCUT2D eigenvalue weighted by Crippen LogP contribution is 2.28. The summed E-state index contributed by atoms with van der Waals surface area (Å²) in [5.41, 5.74) is 2.40. The zero-order valence-corrected chi connectivity index (χ0v) is 13.4. The Morgan fingerprint density at radius 1 is 1.32 bits per heavy atom. The van der Waals surface area contributed by atoms with Gasteiger partial charge >= 0.3 is 0 Å². The van der Waals surface area contributed by atoms with Gasteiger partial charge in [0.1, 0.15) is 0 Å². The summed E-state index contributed by atoms with van der Waals surface area (Å²) in [7, 11) is 0. The van der Waals surface area contributed by atoms with Gasteiger partial charge in [-0.2, -0.15) is 0 Å². The second-order valence-electron chi connectivity index (χ2n) is 6.33. The summed E-state index contributed by atoms with van der Waals surface area (Å²) in [6.45, 7) is 4.11. The van der Waals surface area contributed by atoms with Gasteiger partial charge in [-0.05, 0) is 43.7 Å². The van der Waals surface area contributed by atoms with E-state index in [1.165, 1.54) is 11.1 Å². The van der Waals surface area contributed by atoms with Gasteiger partial charge in [-0.15, -0.1) is 0 Å². The molecule has 4 heteroatoms. The lowest BCUT2D eigenvalue weighted by Crippen LogP contribution is -2.43. The summed E-state index contributed by atoms with van der Waals surface area (Å²) in [6, 6.07) is 8.30. The molecule has 1 heterocycles. The van der Waals surface area contributed by atoms with Crippen molar-refractivity contribution in [3.05, 3.63) is 35.4 Å². The Kier molecular flexibility index (Phi) is 6.40. The van der Waals surface area contributed by atoms with Gasteiger partial charge in [0.05, 0.1) is 6.61 Å². The van der Waals surface area contributed by atoms with Gasteiger partial charge in [0.25, 0.3) is 0 Å². The van der Waals surface area contributed by atoms with Crippen molar-refractivity contribution in [2.45, 2.75) is 39.0 Å². The average molecular weight is 305 g/mol. The van der Waals surface area contributed by atoms with Gasteiger partial charge in [0.2, 0.25) is 5.91 Å². The van der Waals surface area contributed by atoms with Gasteiger partial charge in [-0.1, -0.05) is 24.3 Å². The number of aliphatic hydroxyl groups is 1. The van der Waals surface area contributed by atoms with Crippen molar-refractivity contribution in [2.24, 2.45) is 5.41 Å². The van der Waals surface area contributed by atoms with E-state index in [-0.39, 0.29) is 17.9 Å². The number of benzene rings is 1. The van der Waals surface area contributed by atoms with Crippen molar-refractivity contribution in [1.29, 1.82) is 0 Å². The van der Waals surface area contributed by atoms with Crippen LogP contribution in [0.4, 0.5) is 0 Å². The summed E-state index contributed by atoms with van der Waals surface area (Å²) < 4.78 is 5.33. The van der Waals surface area contributed by atoms with Gasteiger partial charge in [0, 0.05) is 31.6 Å². The van der Waals surface area contributed by atoms with E-state index >= 15 is 0 Å². The van der Waals surface area contributed by atoms with Gasteiger partial charge in [0.15, 0.2) is 0 Å². The van der Waals surface area contributed by atoms with Crippen LogP contribution in [-0.2, 0) is 16.0 Å². The van der Waals surface area contributed by atoms with Crippen LogP contribution in [0.2, 0.25) is 0 Å². The summed E-state index contributed by atoms with van der Waals surface area (Å²) in [4.78, 5) is 12.0. The van der Waals surface area contributed by atoms with Crippen LogP contribution in [0.5, 0.6) is 0 Å². The Balaban J connectivity index is 1.70. The molecule has 2 rings (SSSR count). The number of aryl methyl sites for hydroxylation is 2. The van der Waals surface area contributed by atoms with E-state index in [0.717, 1.165) is 25.7 Å². The molecule has 0 aromatic heterocycles. The average Bonchev–Trinajstić information content (AvgIpc) is 2.56. The molecule has 1 fully saturated rings. The Morgan fingerprint density at radius 3 is 2.73 bits per heavy atom. The first-order chi connectivity index (χ1) is 10.7. The molecule has 4 nitrogen and oxygen atoms in total. The molecule has 122 valence electrons. The lowest BCUT2D eigenvalue weighted by molar-refractivity contribution is -0.122. The number of nitrogens with one attached hydrogen (secondary N) is 1. The normalized spacial score (nSPS) is 17.2. The van der Waals surface area contributed by atoms with E-state index in [2.05, 4.69) is 24.4 Å². The molecule has 1 aromatic rings. The van der Waals surface area contributed by atoms with Gasteiger partial charge in [-0.25, -0.2) is 0 Å². The fraction of sp³-hybridized carbons (Fsp3) is 0.611. The maximum Gasteiger partial charge on any atom is 0.220 e. The lowest BCUT2D eigenvalue weighted by atomic mass is 9.81. The minimum Gasteiger partial charge on any atom is -0.396 e. The molecule has 22 heavy (non-hydrogen) atoms. The van der Waals surface area contributed by atoms with Gasteiger partial charge < -0.3 is 15.2 Å². The van der Waals surface area contributed by atoms with E-state index in [4.69, 9.17) is 4.74 Å². The summed E-state index contributed by atoms with van der Waals surface area (Å²) in [6.07, 6.45) is 3.94. The van der Waals surface area contributed by atoms with Crippen LogP contribution < -0.4 is 5.32 Å². The van der Waals surface area contributed by atoms with Crippen molar-refractivity contribution < 1.29 is 14.6 Å². The monoisotopic (exact) mass is 305 g/mol. The Labute approximate surface area is 132 Å². The topological polar surface area (TPSA) is 58.6 Å². The minimum absolute atomic E-state index is 0.0768. The molecule has 0 aliphatic carbocycles. The van der Waals surface area contributed by atoms with Crippen LogP contribution in [0.25, 0.3) is 0 Å². The molecule has 1 aliphatic heterocycles. The third-order valence-electron chi connectivity index (χ3n) is 4.66. The molecular formula is C18H27NO3. The summed E-state index contributed by atoms with van der Waals surface area (Å²) >= 11 is 0. The number of amides is 1. The number of ether oxygens (including phenoxy) is 1. The zero-order chi connectivity index (χ0) is 15.8. The molecule has 0 radical (unpaired) electrons. The van der Waals surface area contributed by atoms with Crippen molar-refractivity contribution in [2.75, 3.05) is 26.4 Å². The van der Waals surface area contributed by atoms with Crippen molar-refractivity contribution in [3.63, 3.8) is 0 Å². The number of hydrogen-bond donors (Lipinski definition) is 2. The predicted molar refractivity (Wildman–Crippen MR) is 86.7 cm³/mol. The number of rotatable bonds is 7. The van der Waals surface area contributed by atoms with Crippen LogP contribution in [0.3, 0.4) is 0 Å². The molecular weight excluding hydrogens is 278 g/mol. The van der Waals surface area contributed by atoms with Crippen molar-refractivity contribution in [1.82, 2.24) is 5.32 Å². The van der Waals surface area contributed by atoms with Crippen molar-refractivity contribution >= 4 is 5.91 Å². The fourth-order valence-corrected chi connectivity index (χ4v) is 2.90. The predicted octanol–water partition coefficient (Wildman–Crippen LogP) is 2.22. The van der Waals surface area contributed by atoms with Crippen LogP contribution in [0.15, 0.2) is 24.3 Å². The molecule has 0 atom stereocenters. The standard InChI is InChI=1S/C18H27NO3/c1-15-5-2-3-6-16(15)7-4-8-17(21)19-13-18(14-20)9-11-22-12-10-18/h2-3,5-6,20H,4,7-14H2,1H3,(H,19,21). The Hall–Kier alpha value is -1.39. The lowest BCUT2D eigenvalue weighted by Gasteiger charge is -2.35. The quantitative estimate of drug-likeness (QED) is 0.812. The molecule has 1 saturated heterocycles. The number of carbonyl (C=O) groups is 1. The Bertz CT molecular complexity index is 481. The van der Waals surface area contributed by atoms with Crippen LogP contribution >= 0.6 is 0 Å². The van der Waals surface area contributed by atoms with Gasteiger partial charge in [-0.3, -0.25) is 4.79 Å². The summed E-state index contributed by atoms with van der Waals surface area (Å²) in [5.74, 6) is 0.0768. The number of carbonyl (C=O) groups excluding carboxylic acids is 1. The van der Waals surface area contributed by atoms with Crippen LogP contribution in [0, 0.1) is 12.3 Å². The molecule has 0 spiro atoms. The highest BCUT2D eigenvalue weighted by Gasteiger charge is 2.32. The fourth-order valence-electron chi connectivity index (χ4n) is 2.90. The third-order valence-corrected chi connectivity index (χ3v) is 4.66. The highest BCUT2D eigenvalue weighted by molar-refractivity contribution is 5.75. The van der Waals surface area contributed by atoms with E-state index in [9.17, 15) is 9.90 Å².